The van der Waals surface area contributed by atoms with Gasteiger partial charge in [0, 0.05) is 44.7 Å². The lowest BCUT2D eigenvalue weighted by Crippen LogP contribution is -2.44. The number of nitrogens with zero attached hydrogens (tertiary/aromatic N) is 2. The molecule has 1 unspecified atom stereocenters. The predicted molar refractivity (Wildman–Crippen MR) is 123 cm³/mol. The van der Waals surface area contributed by atoms with E-state index in [9.17, 15) is 13.6 Å². The van der Waals surface area contributed by atoms with E-state index >= 15 is 0 Å². The Balaban J connectivity index is 0.00000450. The Morgan fingerprint density at radius 1 is 1.33 bits per heavy atom. The lowest BCUT2D eigenvalue weighted by Gasteiger charge is -2.33. The molecule has 10 heteroatoms. The van der Waals surface area contributed by atoms with Crippen molar-refractivity contribution in [1.82, 2.24) is 15.5 Å². The van der Waals surface area contributed by atoms with E-state index in [2.05, 4.69) is 27.3 Å². The summed E-state index contributed by atoms with van der Waals surface area (Å²) >= 11 is 0. The van der Waals surface area contributed by atoms with Crippen molar-refractivity contribution >= 4 is 35.8 Å². The summed E-state index contributed by atoms with van der Waals surface area (Å²) in [6.07, 6.45) is 3.63. The van der Waals surface area contributed by atoms with Crippen LogP contribution >= 0.6 is 24.0 Å². The number of carbonyl (C=O) groups excluding carboxylic acids is 1. The van der Waals surface area contributed by atoms with Crippen molar-refractivity contribution in [1.29, 1.82) is 0 Å². The standard InChI is InChI=1S/C20H30F2N4O3.HI/c1-14-6-4-5-11-26(14)18(27)9-10-24-20(23-2)25-13-15-12-16(28-3)7-8-17(15)29-19(21)22;/h7-8,12,14,19H,4-6,9-11,13H2,1-3H3,(H2,23,24,25);1H. The predicted octanol–water partition coefficient (Wildman–Crippen LogP) is 3.37. The number of amides is 1. The van der Waals surface area contributed by atoms with Crippen LogP contribution in [0.1, 0.15) is 38.2 Å². The smallest absolute Gasteiger partial charge is 0.387 e. The molecule has 1 fully saturated rings. The summed E-state index contributed by atoms with van der Waals surface area (Å²) < 4.78 is 35.0. The first-order chi connectivity index (χ1) is 13.9. The Morgan fingerprint density at radius 3 is 2.73 bits per heavy atom. The maximum Gasteiger partial charge on any atom is 0.387 e. The third kappa shape index (κ3) is 8.11. The zero-order chi connectivity index (χ0) is 21.2. The molecule has 170 valence electrons. The molecule has 1 aliphatic rings. The molecule has 1 aliphatic heterocycles. The van der Waals surface area contributed by atoms with Crippen LogP contribution in [0.4, 0.5) is 8.78 Å². The van der Waals surface area contributed by atoms with E-state index in [0.717, 1.165) is 19.4 Å². The van der Waals surface area contributed by atoms with Gasteiger partial charge in [0.1, 0.15) is 11.5 Å². The Kier molecular flexibility index (Phi) is 11.7. The minimum Gasteiger partial charge on any atom is -0.497 e. The summed E-state index contributed by atoms with van der Waals surface area (Å²) in [5, 5.41) is 6.13. The van der Waals surface area contributed by atoms with E-state index in [1.54, 1.807) is 19.2 Å². The summed E-state index contributed by atoms with van der Waals surface area (Å²) in [6, 6.07) is 4.91. The molecule has 1 aromatic carbocycles. The third-order valence-electron chi connectivity index (χ3n) is 4.91. The number of benzene rings is 1. The van der Waals surface area contributed by atoms with Crippen LogP contribution in [0.15, 0.2) is 23.2 Å². The van der Waals surface area contributed by atoms with Gasteiger partial charge in [0.05, 0.1) is 7.11 Å². The van der Waals surface area contributed by atoms with Crippen LogP contribution in [0.3, 0.4) is 0 Å². The minimum atomic E-state index is -2.91. The first-order valence-corrected chi connectivity index (χ1v) is 9.80. The number of guanidine groups is 1. The van der Waals surface area contributed by atoms with Gasteiger partial charge in [0.15, 0.2) is 5.96 Å². The van der Waals surface area contributed by atoms with Crippen LogP contribution in [0.2, 0.25) is 0 Å². The van der Waals surface area contributed by atoms with Crippen LogP contribution in [0.5, 0.6) is 11.5 Å². The molecule has 30 heavy (non-hydrogen) atoms. The second-order valence-electron chi connectivity index (χ2n) is 6.89. The van der Waals surface area contributed by atoms with Crippen LogP contribution < -0.4 is 20.1 Å². The fraction of sp³-hybridized carbons (Fsp3) is 0.600. The number of likely N-dealkylation sites (tertiary alicyclic amines) is 1. The Morgan fingerprint density at radius 2 is 2.10 bits per heavy atom. The van der Waals surface area contributed by atoms with E-state index in [-0.39, 0.29) is 48.2 Å². The van der Waals surface area contributed by atoms with Gasteiger partial charge >= 0.3 is 6.61 Å². The number of aliphatic imine (C=N–C) groups is 1. The Hall–Kier alpha value is -1.85. The van der Waals surface area contributed by atoms with E-state index in [4.69, 9.17) is 4.74 Å². The van der Waals surface area contributed by atoms with Gasteiger partial charge in [0.25, 0.3) is 0 Å². The normalized spacial score (nSPS) is 16.7. The van der Waals surface area contributed by atoms with Crippen molar-refractivity contribution in [3.8, 4) is 11.5 Å². The van der Waals surface area contributed by atoms with Crippen molar-refractivity contribution in [2.24, 2.45) is 4.99 Å². The molecular weight excluding hydrogens is 509 g/mol. The zero-order valence-corrected chi connectivity index (χ0v) is 20.0. The second-order valence-corrected chi connectivity index (χ2v) is 6.89. The van der Waals surface area contributed by atoms with Gasteiger partial charge < -0.3 is 25.0 Å². The van der Waals surface area contributed by atoms with Crippen LogP contribution in [0, 0.1) is 0 Å². The van der Waals surface area contributed by atoms with Crippen molar-refractivity contribution in [2.45, 2.75) is 51.8 Å². The topological polar surface area (TPSA) is 75.2 Å². The largest absolute Gasteiger partial charge is 0.497 e. The molecule has 1 saturated heterocycles. The average molecular weight is 540 g/mol. The first kappa shape index (κ1) is 26.2. The van der Waals surface area contributed by atoms with Gasteiger partial charge in [-0.3, -0.25) is 9.79 Å². The van der Waals surface area contributed by atoms with Crippen molar-refractivity contribution in [3.05, 3.63) is 23.8 Å². The molecule has 2 N–H and O–H groups in total. The molecule has 0 spiro atoms. The summed E-state index contributed by atoms with van der Waals surface area (Å²) in [5.41, 5.74) is 0.505. The molecule has 0 radical (unpaired) electrons. The maximum absolute atomic E-state index is 12.6. The Bertz CT molecular complexity index is 707. The highest BCUT2D eigenvalue weighted by atomic mass is 127. The van der Waals surface area contributed by atoms with E-state index < -0.39 is 6.61 Å². The minimum absolute atomic E-state index is 0. The number of hydrogen-bond donors (Lipinski definition) is 2. The SMILES string of the molecule is CN=C(NCCC(=O)N1CCCCC1C)NCc1cc(OC)ccc1OC(F)F.I. The summed E-state index contributed by atoms with van der Waals surface area (Å²) in [7, 11) is 3.10. The fourth-order valence-corrected chi connectivity index (χ4v) is 3.33. The fourth-order valence-electron chi connectivity index (χ4n) is 3.33. The molecule has 0 aromatic heterocycles. The number of methoxy groups -OCH3 is 1. The number of nitrogens with one attached hydrogen (secondary N) is 2. The van der Waals surface area contributed by atoms with E-state index in [0.29, 0.717) is 30.2 Å². The highest BCUT2D eigenvalue weighted by molar-refractivity contribution is 14.0. The highest BCUT2D eigenvalue weighted by Crippen LogP contribution is 2.25. The monoisotopic (exact) mass is 540 g/mol. The molecule has 1 amide bonds. The maximum atomic E-state index is 12.6. The molecular formula is C20H31F2IN4O3. The van der Waals surface area contributed by atoms with E-state index in [1.807, 2.05) is 4.90 Å². The number of carbonyl (C=O) groups is 1. The van der Waals surface area contributed by atoms with Crippen molar-refractivity contribution < 1.29 is 23.0 Å². The lowest BCUT2D eigenvalue weighted by atomic mass is 10.0. The van der Waals surface area contributed by atoms with Gasteiger partial charge in [-0.25, -0.2) is 0 Å². The van der Waals surface area contributed by atoms with Gasteiger partial charge in [0.2, 0.25) is 5.91 Å². The second kappa shape index (κ2) is 13.5. The zero-order valence-electron chi connectivity index (χ0n) is 17.6. The molecule has 0 bridgehead atoms. The van der Waals surface area contributed by atoms with Gasteiger partial charge in [-0.05, 0) is 44.4 Å². The first-order valence-electron chi connectivity index (χ1n) is 9.80. The van der Waals surface area contributed by atoms with Crippen LogP contribution in [-0.4, -0.2) is 56.7 Å². The number of piperidine rings is 1. The third-order valence-corrected chi connectivity index (χ3v) is 4.91. The molecule has 2 rings (SSSR count). The van der Waals surface area contributed by atoms with Crippen LogP contribution in [-0.2, 0) is 11.3 Å². The van der Waals surface area contributed by atoms with Gasteiger partial charge in [-0.15, -0.1) is 24.0 Å². The molecule has 7 nitrogen and oxygen atoms in total. The summed E-state index contributed by atoms with van der Waals surface area (Å²) in [4.78, 5) is 18.4. The quantitative estimate of drug-likeness (QED) is 0.301. The molecule has 1 aromatic rings. The van der Waals surface area contributed by atoms with Crippen LogP contribution in [0.25, 0.3) is 0 Å². The van der Waals surface area contributed by atoms with Gasteiger partial charge in [-0.2, -0.15) is 8.78 Å². The van der Waals surface area contributed by atoms with Crippen molar-refractivity contribution in [3.63, 3.8) is 0 Å². The van der Waals surface area contributed by atoms with E-state index in [1.165, 1.54) is 19.6 Å². The number of halogens is 3. The molecule has 0 saturated carbocycles. The van der Waals surface area contributed by atoms with Gasteiger partial charge in [-0.1, -0.05) is 0 Å². The molecule has 0 aliphatic carbocycles. The number of ether oxygens (including phenoxy) is 2. The summed E-state index contributed by atoms with van der Waals surface area (Å²) in [6.45, 7) is 0.618. The molecule has 1 heterocycles. The number of hydrogen-bond acceptors (Lipinski definition) is 4. The lowest BCUT2D eigenvalue weighted by molar-refractivity contribution is -0.134. The highest BCUT2D eigenvalue weighted by Gasteiger charge is 2.22. The molecule has 1 atom stereocenters. The summed E-state index contributed by atoms with van der Waals surface area (Å²) in [5.74, 6) is 1.20. The Labute approximate surface area is 193 Å². The van der Waals surface area contributed by atoms with Crippen molar-refractivity contribution in [2.75, 3.05) is 27.2 Å². The average Bonchev–Trinajstić information content (AvgIpc) is 2.71. The number of alkyl halides is 2. The number of rotatable bonds is 8.